The number of carbonyl (C=O) groups is 2. The van der Waals surface area contributed by atoms with Gasteiger partial charge >= 0.3 is 5.97 Å². The fraction of sp³-hybridized carbons (Fsp3) is 0.200. The lowest BCUT2D eigenvalue weighted by atomic mass is 10.2. The molecule has 0 heterocycles. The van der Waals surface area contributed by atoms with Gasteiger partial charge in [0.15, 0.2) is 12.2 Å². The van der Waals surface area contributed by atoms with Gasteiger partial charge in [0.05, 0.1) is 23.3 Å². The van der Waals surface area contributed by atoms with Gasteiger partial charge in [-0.15, -0.1) is 0 Å². The molecule has 0 aliphatic carbocycles. The highest BCUT2D eigenvalue weighted by atomic mass is 16.6. The fourth-order valence-electron chi connectivity index (χ4n) is 2.09. The van der Waals surface area contributed by atoms with Gasteiger partial charge in [-0.2, -0.15) is 10.5 Å². The van der Waals surface area contributed by atoms with E-state index in [2.05, 4.69) is 5.32 Å². The van der Waals surface area contributed by atoms with Gasteiger partial charge in [0, 0.05) is 5.69 Å². The van der Waals surface area contributed by atoms with Crippen LogP contribution in [0.1, 0.15) is 25.0 Å². The van der Waals surface area contributed by atoms with Crippen LogP contribution in [0.25, 0.3) is 0 Å². The number of carbonyl (C=O) groups excluding carboxylic acids is 2. The monoisotopic (exact) mass is 363 g/mol. The number of nitriles is 2. The molecule has 0 saturated heterocycles. The van der Waals surface area contributed by atoms with E-state index in [0.717, 1.165) is 0 Å². The number of benzene rings is 2. The van der Waals surface area contributed by atoms with Crippen molar-refractivity contribution in [1.29, 1.82) is 10.5 Å². The minimum atomic E-state index is -1.05. The lowest BCUT2D eigenvalue weighted by molar-refractivity contribution is -0.159. The van der Waals surface area contributed by atoms with Crippen molar-refractivity contribution in [1.82, 2.24) is 0 Å². The quantitative estimate of drug-likeness (QED) is 0.790. The zero-order chi connectivity index (χ0) is 19.8. The maximum atomic E-state index is 12.2. The Labute approximate surface area is 156 Å². The molecule has 0 aliphatic rings. The molecule has 136 valence electrons. The molecule has 2 aromatic carbocycles. The van der Waals surface area contributed by atoms with Gasteiger partial charge in [0.1, 0.15) is 5.75 Å². The van der Waals surface area contributed by atoms with Crippen LogP contribution in [-0.2, 0) is 14.3 Å². The first-order chi connectivity index (χ1) is 12.9. The highest BCUT2D eigenvalue weighted by Crippen LogP contribution is 2.15. The second-order valence-corrected chi connectivity index (χ2v) is 5.66. The molecule has 0 radical (unpaired) electrons. The zero-order valence-corrected chi connectivity index (χ0v) is 14.8. The number of esters is 1. The Morgan fingerprint density at radius 1 is 0.963 bits per heavy atom. The zero-order valence-electron chi connectivity index (χ0n) is 14.8. The number of hydrogen-bond donors (Lipinski definition) is 1. The van der Waals surface area contributed by atoms with Crippen LogP contribution in [0.15, 0.2) is 48.5 Å². The van der Waals surface area contributed by atoms with Crippen LogP contribution in [0, 0.1) is 22.7 Å². The molecule has 2 atom stereocenters. The molecule has 1 N–H and O–H groups in total. The molecular weight excluding hydrogens is 346 g/mol. The highest BCUT2D eigenvalue weighted by Gasteiger charge is 2.23. The number of ether oxygens (including phenoxy) is 2. The van der Waals surface area contributed by atoms with E-state index in [1.54, 1.807) is 42.5 Å². The second-order valence-electron chi connectivity index (χ2n) is 5.66. The summed E-state index contributed by atoms with van der Waals surface area (Å²) >= 11 is 0. The van der Waals surface area contributed by atoms with E-state index >= 15 is 0 Å². The standard InChI is InChI=1S/C20H17N3O4/c1-13(19(24)23-17-5-3-4-16(10-17)12-22)27-20(25)14(2)26-18-8-6-15(11-21)7-9-18/h3-10,13-14H,1-2H3,(H,23,24)/t13-,14+/m1/s1. The predicted octanol–water partition coefficient (Wildman–Crippen LogP) is 2.77. The number of hydrogen-bond acceptors (Lipinski definition) is 6. The summed E-state index contributed by atoms with van der Waals surface area (Å²) in [7, 11) is 0. The van der Waals surface area contributed by atoms with E-state index < -0.39 is 24.1 Å². The molecule has 0 aliphatic heterocycles. The minimum Gasteiger partial charge on any atom is -0.479 e. The van der Waals surface area contributed by atoms with Crippen molar-refractivity contribution in [3.8, 4) is 17.9 Å². The van der Waals surface area contributed by atoms with Crippen LogP contribution >= 0.6 is 0 Å². The number of amides is 1. The molecule has 2 rings (SSSR count). The van der Waals surface area contributed by atoms with Crippen LogP contribution < -0.4 is 10.1 Å². The number of nitrogens with one attached hydrogen (secondary N) is 1. The normalized spacial score (nSPS) is 12.0. The first kappa shape index (κ1) is 19.5. The van der Waals surface area contributed by atoms with Gasteiger partial charge in [0.2, 0.25) is 0 Å². The van der Waals surface area contributed by atoms with Crippen molar-refractivity contribution in [2.24, 2.45) is 0 Å². The van der Waals surface area contributed by atoms with Crippen molar-refractivity contribution in [2.75, 3.05) is 5.32 Å². The summed E-state index contributed by atoms with van der Waals surface area (Å²) in [6.45, 7) is 2.94. The van der Waals surface area contributed by atoms with Crippen molar-refractivity contribution >= 4 is 17.6 Å². The van der Waals surface area contributed by atoms with Gasteiger partial charge < -0.3 is 14.8 Å². The van der Waals surface area contributed by atoms with Gasteiger partial charge in [-0.1, -0.05) is 6.07 Å². The van der Waals surface area contributed by atoms with Gasteiger partial charge in [0.25, 0.3) is 5.91 Å². The van der Waals surface area contributed by atoms with Gasteiger partial charge in [-0.05, 0) is 56.3 Å². The molecule has 0 aromatic heterocycles. The fourth-order valence-corrected chi connectivity index (χ4v) is 2.09. The van der Waals surface area contributed by atoms with Crippen LogP contribution in [0.3, 0.4) is 0 Å². The molecule has 0 fully saturated rings. The summed E-state index contributed by atoms with van der Waals surface area (Å²) in [6.07, 6.45) is -1.98. The molecule has 0 spiro atoms. The third-order valence-corrected chi connectivity index (χ3v) is 3.55. The van der Waals surface area contributed by atoms with E-state index in [1.807, 2.05) is 12.1 Å². The second kappa shape index (κ2) is 9.02. The molecule has 27 heavy (non-hydrogen) atoms. The largest absolute Gasteiger partial charge is 0.479 e. The van der Waals surface area contributed by atoms with E-state index in [0.29, 0.717) is 22.6 Å². The summed E-state index contributed by atoms with van der Waals surface area (Å²) in [4.78, 5) is 24.3. The van der Waals surface area contributed by atoms with Gasteiger partial charge in [-0.25, -0.2) is 4.79 Å². The average Bonchev–Trinajstić information content (AvgIpc) is 2.68. The molecule has 0 saturated carbocycles. The predicted molar refractivity (Wildman–Crippen MR) is 96.6 cm³/mol. The summed E-state index contributed by atoms with van der Waals surface area (Å²) in [5.74, 6) is -0.819. The van der Waals surface area contributed by atoms with Crippen molar-refractivity contribution in [3.05, 3.63) is 59.7 Å². The SMILES string of the molecule is C[C@H](Oc1ccc(C#N)cc1)C(=O)O[C@H](C)C(=O)Nc1cccc(C#N)c1. The first-order valence-electron chi connectivity index (χ1n) is 8.11. The lowest BCUT2D eigenvalue weighted by Gasteiger charge is -2.18. The van der Waals surface area contributed by atoms with Crippen LogP contribution in [-0.4, -0.2) is 24.1 Å². The van der Waals surface area contributed by atoms with Crippen molar-refractivity contribution in [2.45, 2.75) is 26.1 Å². The Morgan fingerprint density at radius 2 is 1.63 bits per heavy atom. The number of anilines is 1. The topological polar surface area (TPSA) is 112 Å². The van der Waals surface area contributed by atoms with Crippen LogP contribution in [0.4, 0.5) is 5.69 Å². The molecule has 0 bridgehead atoms. The Morgan fingerprint density at radius 3 is 2.26 bits per heavy atom. The summed E-state index contributed by atoms with van der Waals surface area (Å²) in [6, 6.07) is 16.6. The average molecular weight is 363 g/mol. The highest BCUT2D eigenvalue weighted by molar-refractivity contribution is 5.95. The molecule has 0 unspecified atom stereocenters. The maximum Gasteiger partial charge on any atom is 0.347 e. The Hall–Kier alpha value is -3.84. The minimum absolute atomic E-state index is 0.405. The van der Waals surface area contributed by atoms with Crippen LogP contribution in [0.5, 0.6) is 5.75 Å². The molecule has 1 amide bonds. The van der Waals surface area contributed by atoms with Crippen molar-refractivity contribution in [3.63, 3.8) is 0 Å². The molecule has 7 heteroatoms. The molecule has 7 nitrogen and oxygen atoms in total. The third-order valence-electron chi connectivity index (χ3n) is 3.55. The van der Waals surface area contributed by atoms with E-state index in [4.69, 9.17) is 20.0 Å². The smallest absolute Gasteiger partial charge is 0.347 e. The Bertz CT molecular complexity index is 910. The van der Waals surface area contributed by atoms with Gasteiger partial charge in [-0.3, -0.25) is 4.79 Å². The van der Waals surface area contributed by atoms with E-state index in [9.17, 15) is 9.59 Å². The molecule has 2 aromatic rings. The molecular formula is C20H17N3O4. The Kier molecular flexibility index (Phi) is 6.51. The lowest BCUT2D eigenvalue weighted by Crippen LogP contribution is -2.35. The Balaban J connectivity index is 1.90. The third kappa shape index (κ3) is 5.58. The number of nitrogens with zero attached hydrogens (tertiary/aromatic N) is 2. The maximum absolute atomic E-state index is 12.2. The van der Waals surface area contributed by atoms with Crippen molar-refractivity contribution < 1.29 is 19.1 Å². The van der Waals surface area contributed by atoms with Crippen LogP contribution in [0.2, 0.25) is 0 Å². The number of rotatable bonds is 6. The van der Waals surface area contributed by atoms with E-state index in [-0.39, 0.29) is 0 Å². The van der Waals surface area contributed by atoms with E-state index in [1.165, 1.54) is 19.9 Å². The first-order valence-corrected chi connectivity index (χ1v) is 8.11. The summed E-state index contributed by atoms with van der Waals surface area (Å²) in [5, 5.41) is 20.2. The summed E-state index contributed by atoms with van der Waals surface area (Å²) < 4.78 is 10.6. The summed E-state index contributed by atoms with van der Waals surface area (Å²) in [5.41, 5.74) is 1.31.